The van der Waals surface area contributed by atoms with Gasteiger partial charge in [-0.05, 0) is 25.7 Å². The number of carbonyl (C=O) groups excluding carboxylic acids is 1. The van der Waals surface area contributed by atoms with Crippen LogP contribution >= 0.6 is 0 Å². The number of halogens is 1. The molecule has 3 fully saturated rings. The zero-order valence-corrected chi connectivity index (χ0v) is 29.8. The van der Waals surface area contributed by atoms with Gasteiger partial charge in [-0.3, -0.25) is 14.9 Å². The van der Waals surface area contributed by atoms with Gasteiger partial charge < -0.3 is 52.3 Å². The monoisotopic (exact) mass is 710 g/mol. The van der Waals surface area contributed by atoms with E-state index in [4.69, 9.17) is 5.41 Å². The molecule has 0 radical (unpaired) electrons. The standard InChI is InChI=1S/C8H5N4O3.C6H15N.3C6H11.ClH.Sn/c9-5-10-8(13)11-6-2-1-3-7(4-6)12(14)15;1-4-7(5-2)6-3;3*1-2-4-6-5-3-1;;/h1-4H,(H,11,13);4-6H2,1-3H3;3*1H,2-6H2;1H;/q-1;;3*-1;;+4/p-1. The van der Waals surface area contributed by atoms with Crippen LogP contribution in [-0.4, -0.2) is 65.4 Å². The van der Waals surface area contributed by atoms with E-state index < -0.39 is 11.0 Å². The largest absolute Gasteiger partial charge is 4.00 e. The summed E-state index contributed by atoms with van der Waals surface area (Å²) in [6.45, 7) is 10.1. The zero-order valence-electron chi connectivity index (χ0n) is 26.2. The number of amides is 2. The third kappa shape index (κ3) is 28.6. The van der Waals surface area contributed by atoms with E-state index in [1.54, 1.807) is 0 Å². The molecule has 3 aliphatic rings. The van der Waals surface area contributed by atoms with Crippen molar-refractivity contribution in [2.45, 2.75) is 117 Å². The van der Waals surface area contributed by atoms with Crippen LogP contribution < -0.4 is 17.7 Å². The SMILES string of the molecule is CCN(CC)CC.[CH-]1CCCCC1.[CH-]1CCCCC1.[CH-]1CCCCC1.[Cl-].[N-]=C=NC(=O)Nc1cccc([N+](=O)[O-])c1.[Sn+4]. The topological polar surface area (TPSA) is 110 Å². The number of rotatable bonds is 5. The Balaban J connectivity index is -0.000000479. The molecule has 8 nitrogen and oxygen atoms in total. The minimum absolute atomic E-state index is 0. The molecular formula is C32H53ClN5O3Sn-. The van der Waals surface area contributed by atoms with Gasteiger partial charge in [-0.1, -0.05) is 84.6 Å². The second-order valence-electron chi connectivity index (χ2n) is 9.85. The molecule has 42 heavy (non-hydrogen) atoms. The third-order valence-electron chi connectivity index (χ3n) is 6.75. The van der Waals surface area contributed by atoms with E-state index in [0.717, 1.165) is 0 Å². The van der Waals surface area contributed by atoms with Crippen molar-refractivity contribution >= 4 is 47.3 Å². The Hall–Kier alpha value is -1.48. The summed E-state index contributed by atoms with van der Waals surface area (Å²) in [5.41, 5.74) is 0.0676. The summed E-state index contributed by atoms with van der Waals surface area (Å²) in [7, 11) is 0. The number of hydrogen-bond donors (Lipinski definition) is 1. The van der Waals surface area contributed by atoms with Gasteiger partial charge in [0.25, 0.3) is 5.69 Å². The van der Waals surface area contributed by atoms with Gasteiger partial charge in [0.15, 0.2) is 0 Å². The molecule has 3 aliphatic carbocycles. The first-order chi connectivity index (χ1) is 19.5. The van der Waals surface area contributed by atoms with Crippen molar-refractivity contribution in [2.24, 2.45) is 4.99 Å². The van der Waals surface area contributed by atoms with Gasteiger partial charge >= 0.3 is 23.9 Å². The van der Waals surface area contributed by atoms with Crippen molar-refractivity contribution < 1.29 is 22.1 Å². The summed E-state index contributed by atoms with van der Waals surface area (Å²) < 4.78 is 0. The maximum Gasteiger partial charge on any atom is 4.00 e. The van der Waals surface area contributed by atoms with Crippen molar-refractivity contribution in [3.8, 4) is 0 Å². The second-order valence-corrected chi connectivity index (χ2v) is 9.85. The van der Waals surface area contributed by atoms with Crippen LogP contribution in [0.4, 0.5) is 16.2 Å². The molecule has 2 amide bonds. The van der Waals surface area contributed by atoms with Gasteiger partial charge in [0, 0.05) is 17.8 Å². The molecule has 0 unspecified atom stereocenters. The van der Waals surface area contributed by atoms with Gasteiger partial charge in [-0.15, -0.1) is 6.01 Å². The Morgan fingerprint density at radius 2 is 1.29 bits per heavy atom. The Morgan fingerprint density at radius 1 is 0.881 bits per heavy atom. The normalized spacial score (nSPS) is 15.1. The average Bonchev–Trinajstić information content (AvgIpc) is 3.02. The number of non-ortho nitro benzene ring substituents is 1. The molecule has 0 atom stereocenters. The average molecular weight is 710 g/mol. The molecule has 0 heterocycles. The van der Waals surface area contributed by atoms with E-state index in [9.17, 15) is 14.9 Å². The fraction of sp³-hybridized carbons (Fsp3) is 0.656. The van der Waals surface area contributed by atoms with Crippen LogP contribution in [0.25, 0.3) is 5.41 Å². The van der Waals surface area contributed by atoms with Crippen LogP contribution in [-0.2, 0) is 0 Å². The molecule has 1 aromatic carbocycles. The maximum atomic E-state index is 10.8. The summed E-state index contributed by atoms with van der Waals surface area (Å²) in [5, 5.41) is 20.7. The van der Waals surface area contributed by atoms with Crippen LogP contribution in [0.3, 0.4) is 0 Å². The smallest absolute Gasteiger partial charge is 1.00 e. The molecule has 0 spiro atoms. The fourth-order valence-corrected chi connectivity index (χ4v) is 4.26. The molecule has 10 heteroatoms. The van der Waals surface area contributed by atoms with E-state index in [-0.39, 0.29) is 47.7 Å². The van der Waals surface area contributed by atoms with Crippen molar-refractivity contribution in [2.75, 3.05) is 25.0 Å². The number of nitrogens with one attached hydrogen (secondary N) is 1. The van der Waals surface area contributed by atoms with Gasteiger partial charge in [-0.25, -0.2) is 0 Å². The molecule has 0 aliphatic heterocycles. The second kappa shape index (κ2) is 34.0. The van der Waals surface area contributed by atoms with Gasteiger partial charge in [0.1, 0.15) is 0 Å². The molecular weight excluding hydrogens is 657 g/mol. The van der Waals surface area contributed by atoms with Crippen molar-refractivity contribution in [1.29, 1.82) is 0 Å². The number of aliphatic imine (C=N–C) groups is 1. The molecule has 1 N–H and O–H groups in total. The number of nitrogens with zero attached hydrogens (tertiary/aromatic N) is 4. The fourth-order valence-electron chi connectivity index (χ4n) is 4.26. The number of anilines is 1. The molecule has 236 valence electrons. The van der Waals surface area contributed by atoms with E-state index in [1.165, 1.54) is 146 Å². The summed E-state index contributed by atoms with van der Waals surface area (Å²) in [6.07, 6.45) is 28.5. The minimum Gasteiger partial charge on any atom is -1.00 e. The van der Waals surface area contributed by atoms with Crippen LogP contribution in [0.2, 0.25) is 0 Å². The Bertz CT molecular complexity index is 741. The van der Waals surface area contributed by atoms with Crippen LogP contribution in [0.5, 0.6) is 0 Å². The Labute approximate surface area is 279 Å². The number of nitro groups is 1. The van der Waals surface area contributed by atoms with Crippen LogP contribution in [0, 0.1) is 29.4 Å². The third-order valence-corrected chi connectivity index (χ3v) is 6.75. The first-order valence-electron chi connectivity index (χ1n) is 15.3. The van der Waals surface area contributed by atoms with Crippen molar-refractivity contribution in [1.82, 2.24) is 4.90 Å². The number of nitro benzene ring substituents is 1. The summed E-state index contributed by atoms with van der Waals surface area (Å²) in [6, 6.07) is 5.77. The summed E-state index contributed by atoms with van der Waals surface area (Å²) >= 11 is 0. The minimum atomic E-state index is -0.863. The number of hydrogen-bond acceptors (Lipinski definition) is 4. The van der Waals surface area contributed by atoms with Gasteiger partial charge in [0.2, 0.25) is 6.03 Å². The Morgan fingerprint density at radius 3 is 1.52 bits per heavy atom. The molecule has 0 bridgehead atoms. The predicted octanol–water partition coefficient (Wildman–Crippen LogP) is 6.31. The first-order valence-corrected chi connectivity index (χ1v) is 15.3. The number of carbonyl (C=O) groups is 1. The molecule has 1 aromatic rings. The van der Waals surface area contributed by atoms with Crippen LogP contribution in [0.1, 0.15) is 117 Å². The van der Waals surface area contributed by atoms with E-state index in [0.29, 0.717) is 0 Å². The maximum absolute atomic E-state index is 10.8. The molecule has 0 saturated heterocycles. The first kappa shape index (κ1) is 45.0. The van der Waals surface area contributed by atoms with Crippen LogP contribution in [0.15, 0.2) is 29.3 Å². The number of urea groups is 1. The summed E-state index contributed by atoms with van der Waals surface area (Å²) in [5.74, 6) is 0. The van der Waals surface area contributed by atoms with E-state index in [1.807, 2.05) is 0 Å². The van der Waals surface area contributed by atoms with Gasteiger partial charge in [-0.2, -0.15) is 38.5 Å². The van der Waals surface area contributed by atoms with Crippen molar-refractivity contribution in [3.05, 3.63) is 59.1 Å². The number of benzene rings is 1. The van der Waals surface area contributed by atoms with E-state index >= 15 is 0 Å². The molecule has 4 rings (SSSR count). The molecule has 3 saturated carbocycles. The molecule has 0 aromatic heterocycles. The predicted molar refractivity (Wildman–Crippen MR) is 174 cm³/mol. The summed E-state index contributed by atoms with van der Waals surface area (Å²) in [4.78, 5) is 25.9. The Kier molecular flexibility index (Phi) is 36.4. The zero-order chi connectivity index (χ0) is 29.7. The van der Waals surface area contributed by atoms with E-state index in [2.05, 4.69) is 55.2 Å². The van der Waals surface area contributed by atoms with Gasteiger partial charge in [0.05, 0.1) is 4.92 Å². The quantitative estimate of drug-likeness (QED) is 0.127. The van der Waals surface area contributed by atoms with Crippen molar-refractivity contribution in [3.63, 3.8) is 0 Å².